The van der Waals surface area contributed by atoms with E-state index in [9.17, 15) is 9.59 Å². The van der Waals surface area contributed by atoms with Crippen LogP contribution >= 0.6 is 11.3 Å². The van der Waals surface area contributed by atoms with Crippen molar-refractivity contribution in [2.75, 3.05) is 5.32 Å². The smallest absolute Gasteiger partial charge is 0.267 e. The van der Waals surface area contributed by atoms with Gasteiger partial charge in [-0.25, -0.2) is 9.97 Å². The van der Waals surface area contributed by atoms with E-state index in [-0.39, 0.29) is 11.5 Å². The highest BCUT2D eigenvalue weighted by Crippen LogP contribution is 2.29. The van der Waals surface area contributed by atoms with Crippen molar-refractivity contribution >= 4 is 33.3 Å². The van der Waals surface area contributed by atoms with Crippen molar-refractivity contribution < 1.29 is 4.79 Å². The molecular weight excluding hydrogens is 348 g/mol. The lowest BCUT2D eigenvalue weighted by Gasteiger charge is -2.08. The fourth-order valence-corrected chi connectivity index (χ4v) is 4.49. The number of pyridine rings is 1. The summed E-state index contributed by atoms with van der Waals surface area (Å²) in [7, 11) is 0. The average molecular weight is 368 g/mol. The van der Waals surface area contributed by atoms with Crippen molar-refractivity contribution in [2.24, 2.45) is 0 Å². The van der Waals surface area contributed by atoms with Crippen LogP contribution < -0.4 is 10.9 Å². The number of amides is 1. The van der Waals surface area contributed by atoms with Gasteiger partial charge in [-0.3, -0.25) is 14.2 Å². The van der Waals surface area contributed by atoms with Crippen molar-refractivity contribution in [1.82, 2.24) is 14.5 Å². The van der Waals surface area contributed by atoms with Gasteiger partial charge in [-0.15, -0.1) is 11.3 Å². The number of hydrogen-bond donors (Lipinski definition) is 1. The minimum absolute atomic E-state index is 0.0200. The number of carbonyl (C=O) groups excluding carboxylic acids is 1. The highest BCUT2D eigenvalue weighted by molar-refractivity contribution is 7.20. The van der Waals surface area contributed by atoms with E-state index >= 15 is 0 Å². The number of fused-ring (bicyclic) bond motifs is 2. The first kappa shape index (κ1) is 16.9. The van der Waals surface area contributed by atoms with Gasteiger partial charge in [0.1, 0.15) is 16.5 Å². The Morgan fingerprint density at radius 3 is 2.92 bits per heavy atom. The molecule has 0 bridgehead atoms. The zero-order valence-electron chi connectivity index (χ0n) is 14.8. The number of nitrogens with one attached hydrogen (secondary N) is 1. The van der Waals surface area contributed by atoms with Crippen molar-refractivity contribution in [3.8, 4) is 0 Å². The number of rotatable bonds is 2. The third-order valence-corrected chi connectivity index (χ3v) is 5.96. The SMILES string of the molecule is Cc1ccnc(NC(=O)c2sc3nc4n(c(=O)c3c2C)CCCCC4)c1. The quantitative estimate of drug-likeness (QED) is 0.752. The minimum Gasteiger partial charge on any atom is -0.306 e. The molecule has 0 atom stereocenters. The maximum absolute atomic E-state index is 13.0. The molecule has 1 amide bonds. The first-order valence-corrected chi connectivity index (χ1v) is 9.63. The number of anilines is 1. The number of carbonyl (C=O) groups is 1. The molecule has 0 unspecified atom stereocenters. The predicted molar refractivity (Wildman–Crippen MR) is 103 cm³/mol. The molecule has 0 fully saturated rings. The van der Waals surface area contributed by atoms with Gasteiger partial charge in [-0.2, -0.15) is 0 Å². The fourth-order valence-electron chi connectivity index (χ4n) is 3.40. The zero-order valence-corrected chi connectivity index (χ0v) is 15.7. The van der Waals surface area contributed by atoms with E-state index in [1.165, 1.54) is 11.3 Å². The van der Waals surface area contributed by atoms with E-state index in [0.717, 1.165) is 37.1 Å². The van der Waals surface area contributed by atoms with Crippen molar-refractivity contribution in [3.05, 3.63) is 50.5 Å². The summed E-state index contributed by atoms with van der Waals surface area (Å²) in [6, 6.07) is 3.69. The molecule has 26 heavy (non-hydrogen) atoms. The number of thiophene rings is 1. The summed E-state index contributed by atoms with van der Waals surface area (Å²) < 4.78 is 1.79. The van der Waals surface area contributed by atoms with Gasteiger partial charge in [0.2, 0.25) is 0 Å². The second kappa shape index (κ2) is 6.64. The number of nitrogens with zero attached hydrogens (tertiary/aromatic N) is 3. The van der Waals surface area contributed by atoms with Gasteiger partial charge in [0.25, 0.3) is 11.5 Å². The lowest BCUT2D eigenvalue weighted by atomic mass is 10.2. The van der Waals surface area contributed by atoms with Crippen molar-refractivity contribution in [2.45, 2.75) is 46.1 Å². The summed E-state index contributed by atoms with van der Waals surface area (Å²) in [6.07, 6.45) is 5.64. The summed E-state index contributed by atoms with van der Waals surface area (Å²) in [5.74, 6) is 1.10. The number of hydrogen-bond acceptors (Lipinski definition) is 5. The summed E-state index contributed by atoms with van der Waals surface area (Å²) in [5.41, 5.74) is 1.70. The Morgan fingerprint density at radius 2 is 2.12 bits per heavy atom. The van der Waals surface area contributed by atoms with Gasteiger partial charge >= 0.3 is 0 Å². The van der Waals surface area contributed by atoms with E-state index in [0.29, 0.717) is 33.0 Å². The molecule has 0 saturated carbocycles. The van der Waals surface area contributed by atoms with Crippen LogP contribution in [-0.2, 0) is 13.0 Å². The van der Waals surface area contributed by atoms with Crippen LogP contribution in [0.5, 0.6) is 0 Å². The van der Waals surface area contributed by atoms with Gasteiger partial charge in [-0.05, 0) is 49.9 Å². The lowest BCUT2D eigenvalue weighted by molar-refractivity contribution is 0.102. The minimum atomic E-state index is -0.247. The Bertz CT molecular complexity index is 1070. The molecule has 0 radical (unpaired) electrons. The molecule has 0 spiro atoms. The van der Waals surface area contributed by atoms with E-state index in [1.807, 2.05) is 26.0 Å². The Labute approximate surface area is 154 Å². The molecule has 4 rings (SSSR count). The highest BCUT2D eigenvalue weighted by Gasteiger charge is 2.22. The van der Waals surface area contributed by atoms with Crippen LogP contribution in [0.1, 0.15) is 45.9 Å². The maximum Gasteiger partial charge on any atom is 0.267 e. The summed E-state index contributed by atoms with van der Waals surface area (Å²) in [4.78, 5) is 35.8. The van der Waals surface area contributed by atoms with Gasteiger partial charge < -0.3 is 5.32 Å². The molecule has 134 valence electrons. The number of aromatic nitrogens is 3. The van der Waals surface area contributed by atoms with Crippen LogP contribution in [0.25, 0.3) is 10.2 Å². The standard InChI is InChI=1S/C19H20N4O2S/c1-11-7-8-20-13(10-11)21-17(24)16-12(2)15-18(26-16)22-14-6-4-3-5-9-23(14)19(15)25/h7-8,10H,3-6,9H2,1-2H3,(H,20,21,24). The van der Waals surface area contributed by atoms with Crippen LogP contribution in [-0.4, -0.2) is 20.4 Å². The summed E-state index contributed by atoms with van der Waals surface area (Å²) in [5, 5.41) is 3.40. The second-order valence-corrected chi connectivity index (χ2v) is 7.70. The molecule has 0 aromatic carbocycles. The molecule has 3 aromatic rings. The van der Waals surface area contributed by atoms with E-state index in [1.54, 1.807) is 10.8 Å². The molecule has 4 heterocycles. The van der Waals surface area contributed by atoms with Gasteiger partial charge in [0.15, 0.2) is 0 Å². The zero-order chi connectivity index (χ0) is 18.3. The van der Waals surface area contributed by atoms with E-state index < -0.39 is 0 Å². The molecule has 1 aliphatic rings. The first-order chi connectivity index (χ1) is 12.5. The molecule has 7 heteroatoms. The van der Waals surface area contributed by atoms with Crippen LogP contribution in [0.2, 0.25) is 0 Å². The maximum atomic E-state index is 13.0. The lowest BCUT2D eigenvalue weighted by Crippen LogP contribution is -2.24. The van der Waals surface area contributed by atoms with E-state index in [4.69, 9.17) is 4.98 Å². The summed E-state index contributed by atoms with van der Waals surface area (Å²) >= 11 is 1.28. The van der Waals surface area contributed by atoms with Gasteiger partial charge in [-0.1, -0.05) is 6.42 Å². The topological polar surface area (TPSA) is 76.9 Å². The van der Waals surface area contributed by atoms with Gasteiger partial charge in [0.05, 0.1) is 10.3 Å². The Hall–Kier alpha value is -2.54. The first-order valence-electron chi connectivity index (χ1n) is 8.81. The van der Waals surface area contributed by atoms with Crippen LogP contribution in [0.15, 0.2) is 23.1 Å². The molecule has 6 nitrogen and oxygen atoms in total. The van der Waals surface area contributed by atoms with Crippen molar-refractivity contribution in [1.29, 1.82) is 0 Å². The third-order valence-electron chi connectivity index (χ3n) is 4.77. The highest BCUT2D eigenvalue weighted by atomic mass is 32.1. The van der Waals surface area contributed by atoms with Crippen LogP contribution in [0.4, 0.5) is 5.82 Å². The molecule has 0 saturated heterocycles. The average Bonchev–Trinajstić information content (AvgIpc) is 2.78. The summed E-state index contributed by atoms with van der Waals surface area (Å²) in [6.45, 7) is 4.48. The Balaban J connectivity index is 1.77. The molecule has 0 aliphatic carbocycles. The van der Waals surface area contributed by atoms with E-state index in [2.05, 4.69) is 10.3 Å². The normalized spacial score (nSPS) is 14.1. The molecule has 1 N–H and O–H groups in total. The van der Waals surface area contributed by atoms with Crippen LogP contribution in [0, 0.1) is 13.8 Å². The predicted octanol–water partition coefficient (Wildman–Crippen LogP) is 3.45. The molecule has 1 aliphatic heterocycles. The Kier molecular flexibility index (Phi) is 4.32. The van der Waals surface area contributed by atoms with Gasteiger partial charge in [0, 0.05) is 19.2 Å². The second-order valence-electron chi connectivity index (χ2n) is 6.70. The number of aryl methyl sites for hydroxylation is 3. The fraction of sp³-hybridized carbons (Fsp3) is 0.368. The monoisotopic (exact) mass is 368 g/mol. The van der Waals surface area contributed by atoms with Crippen molar-refractivity contribution in [3.63, 3.8) is 0 Å². The third kappa shape index (κ3) is 2.92. The largest absolute Gasteiger partial charge is 0.306 e. The molecular formula is C19H20N4O2S. The van der Waals surface area contributed by atoms with Crippen LogP contribution in [0.3, 0.4) is 0 Å². The Morgan fingerprint density at radius 1 is 1.27 bits per heavy atom. The molecule has 3 aromatic heterocycles.